The summed E-state index contributed by atoms with van der Waals surface area (Å²) in [5.74, 6) is 1.27. The summed E-state index contributed by atoms with van der Waals surface area (Å²) in [6.45, 7) is 5.36. The van der Waals surface area contributed by atoms with Crippen molar-refractivity contribution in [3.8, 4) is 11.5 Å². The molecule has 0 bridgehead atoms. The van der Waals surface area contributed by atoms with E-state index in [0.717, 1.165) is 19.6 Å². The van der Waals surface area contributed by atoms with Gasteiger partial charge in [-0.25, -0.2) is 0 Å². The van der Waals surface area contributed by atoms with Crippen LogP contribution in [0.15, 0.2) is 18.2 Å². The van der Waals surface area contributed by atoms with Gasteiger partial charge in [0.05, 0.1) is 12.7 Å². The summed E-state index contributed by atoms with van der Waals surface area (Å²) in [5, 5.41) is 2.91. The minimum atomic E-state index is -0.354. The van der Waals surface area contributed by atoms with Gasteiger partial charge in [-0.1, -0.05) is 6.42 Å². The minimum absolute atomic E-state index is 0.0154. The monoisotopic (exact) mass is 375 g/mol. The second kappa shape index (κ2) is 9.19. The molecule has 2 aliphatic heterocycles. The van der Waals surface area contributed by atoms with Crippen LogP contribution in [0, 0.1) is 0 Å². The summed E-state index contributed by atoms with van der Waals surface area (Å²) in [5.41, 5.74) is 0.579. The molecule has 1 aromatic rings. The lowest BCUT2D eigenvalue weighted by molar-refractivity contribution is -0.122. The number of fused-ring (bicyclic) bond motifs is 1. The van der Waals surface area contributed by atoms with Gasteiger partial charge in [0.1, 0.15) is 0 Å². The second-order valence-corrected chi connectivity index (χ2v) is 7.28. The number of nitrogens with one attached hydrogen (secondary N) is 1. The highest BCUT2D eigenvalue weighted by Crippen LogP contribution is 2.32. The van der Waals surface area contributed by atoms with E-state index in [1.165, 1.54) is 19.3 Å². The lowest BCUT2D eigenvalue weighted by atomic mass is 10.0. The van der Waals surface area contributed by atoms with E-state index in [-0.39, 0.29) is 24.5 Å². The summed E-state index contributed by atoms with van der Waals surface area (Å²) in [4.78, 5) is 29.0. The average molecular weight is 375 g/mol. The van der Waals surface area contributed by atoms with Gasteiger partial charge in [0.15, 0.2) is 17.3 Å². The van der Waals surface area contributed by atoms with Crippen molar-refractivity contribution in [2.75, 3.05) is 40.1 Å². The first-order valence-electron chi connectivity index (χ1n) is 9.68. The lowest BCUT2D eigenvalue weighted by Gasteiger charge is -2.27. The molecule has 1 unspecified atom stereocenters. The Balaban J connectivity index is 1.43. The highest BCUT2D eigenvalue weighted by atomic mass is 16.7. The van der Waals surface area contributed by atoms with Crippen molar-refractivity contribution in [2.45, 2.75) is 38.6 Å². The van der Waals surface area contributed by atoms with Crippen LogP contribution in [0.4, 0.5) is 0 Å². The highest BCUT2D eigenvalue weighted by molar-refractivity contribution is 6.00. The molecule has 0 aromatic heterocycles. The van der Waals surface area contributed by atoms with E-state index < -0.39 is 0 Å². The Morgan fingerprint density at radius 1 is 1.19 bits per heavy atom. The van der Waals surface area contributed by atoms with Gasteiger partial charge < -0.3 is 19.7 Å². The maximum atomic E-state index is 12.7. The topological polar surface area (TPSA) is 71.1 Å². The zero-order valence-electron chi connectivity index (χ0n) is 16.2. The molecule has 27 heavy (non-hydrogen) atoms. The van der Waals surface area contributed by atoms with Crippen molar-refractivity contribution in [1.29, 1.82) is 0 Å². The molecule has 1 saturated heterocycles. The highest BCUT2D eigenvalue weighted by Gasteiger charge is 2.23. The fraction of sp³-hybridized carbons (Fsp3) is 0.600. The van der Waals surface area contributed by atoms with E-state index in [2.05, 4.69) is 10.2 Å². The normalized spacial score (nSPS) is 17.7. The molecular formula is C20H29N3O4. The number of amides is 1. The molecule has 1 atom stereocenters. The molecule has 1 N–H and O–H groups in total. The van der Waals surface area contributed by atoms with Gasteiger partial charge >= 0.3 is 0 Å². The molecule has 7 heteroatoms. The Bertz CT molecular complexity index is 673. The van der Waals surface area contributed by atoms with Crippen molar-refractivity contribution in [3.05, 3.63) is 23.8 Å². The molecular weight excluding hydrogens is 346 g/mol. The summed E-state index contributed by atoms with van der Waals surface area (Å²) in [6, 6.07) is 4.86. The van der Waals surface area contributed by atoms with E-state index in [1.807, 2.05) is 18.9 Å². The predicted octanol–water partition coefficient (Wildman–Crippen LogP) is 1.87. The summed E-state index contributed by atoms with van der Waals surface area (Å²) in [7, 11) is 1.83. The molecule has 0 radical (unpaired) electrons. The van der Waals surface area contributed by atoms with Crippen molar-refractivity contribution >= 4 is 11.7 Å². The van der Waals surface area contributed by atoms with Crippen LogP contribution in [0.25, 0.3) is 0 Å². The van der Waals surface area contributed by atoms with Gasteiger partial charge in [0.25, 0.3) is 0 Å². The van der Waals surface area contributed by atoms with Gasteiger partial charge in [-0.2, -0.15) is 0 Å². The SMILES string of the molecule is CC(C(=O)c1ccc2c(c1)OCO2)N(C)CNC(=O)CCN1CCCCC1. The molecule has 2 aliphatic rings. The number of rotatable bonds is 8. The van der Waals surface area contributed by atoms with Gasteiger partial charge in [0.2, 0.25) is 12.7 Å². The Kier molecular flexibility index (Phi) is 6.68. The van der Waals surface area contributed by atoms with Gasteiger partial charge in [0, 0.05) is 18.5 Å². The van der Waals surface area contributed by atoms with Crippen LogP contribution in [-0.2, 0) is 4.79 Å². The van der Waals surface area contributed by atoms with E-state index in [9.17, 15) is 9.59 Å². The third-order valence-electron chi connectivity index (χ3n) is 5.33. The smallest absolute Gasteiger partial charge is 0.231 e. The molecule has 148 valence electrons. The van der Waals surface area contributed by atoms with Gasteiger partial charge in [-0.15, -0.1) is 0 Å². The molecule has 1 fully saturated rings. The van der Waals surface area contributed by atoms with Crippen LogP contribution < -0.4 is 14.8 Å². The fourth-order valence-corrected chi connectivity index (χ4v) is 3.37. The van der Waals surface area contributed by atoms with Crippen molar-refractivity contribution in [1.82, 2.24) is 15.1 Å². The maximum Gasteiger partial charge on any atom is 0.231 e. The first-order chi connectivity index (χ1) is 13.0. The molecule has 7 nitrogen and oxygen atoms in total. The molecule has 0 spiro atoms. The van der Waals surface area contributed by atoms with E-state index in [0.29, 0.717) is 30.2 Å². The molecule has 3 rings (SSSR count). The largest absolute Gasteiger partial charge is 0.454 e. The number of benzene rings is 1. The number of hydrogen-bond acceptors (Lipinski definition) is 6. The Morgan fingerprint density at radius 3 is 2.70 bits per heavy atom. The van der Waals surface area contributed by atoms with Crippen LogP contribution >= 0.6 is 0 Å². The standard InChI is InChI=1S/C20H29N3O4/c1-15(20(25)16-6-7-17-18(12-16)27-14-26-17)22(2)13-21-19(24)8-11-23-9-4-3-5-10-23/h6-7,12,15H,3-5,8-11,13-14H2,1-2H3,(H,21,24). The average Bonchev–Trinajstić information content (AvgIpc) is 3.18. The van der Waals surface area contributed by atoms with E-state index in [1.54, 1.807) is 18.2 Å². The Morgan fingerprint density at radius 2 is 1.93 bits per heavy atom. The fourth-order valence-electron chi connectivity index (χ4n) is 3.37. The van der Waals surface area contributed by atoms with Crippen LogP contribution in [0.2, 0.25) is 0 Å². The number of ketones is 1. The number of ether oxygens (including phenoxy) is 2. The minimum Gasteiger partial charge on any atom is -0.454 e. The number of likely N-dealkylation sites (N-methyl/N-ethyl adjacent to an activating group) is 1. The number of piperidine rings is 1. The van der Waals surface area contributed by atoms with Crippen LogP contribution in [0.3, 0.4) is 0 Å². The molecule has 0 saturated carbocycles. The van der Waals surface area contributed by atoms with Crippen LogP contribution in [0.5, 0.6) is 11.5 Å². The zero-order chi connectivity index (χ0) is 19.2. The molecule has 2 heterocycles. The van der Waals surface area contributed by atoms with E-state index >= 15 is 0 Å². The third-order valence-corrected chi connectivity index (χ3v) is 5.33. The number of carbonyl (C=O) groups excluding carboxylic acids is 2. The first-order valence-corrected chi connectivity index (χ1v) is 9.68. The quantitative estimate of drug-likeness (QED) is 0.553. The van der Waals surface area contributed by atoms with Gasteiger partial charge in [-0.3, -0.25) is 14.5 Å². The lowest BCUT2D eigenvalue weighted by Crippen LogP contribution is -2.44. The Labute approximate surface area is 160 Å². The number of carbonyl (C=O) groups is 2. The number of likely N-dealkylation sites (tertiary alicyclic amines) is 1. The third kappa shape index (κ3) is 5.20. The van der Waals surface area contributed by atoms with Crippen LogP contribution in [0.1, 0.15) is 43.0 Å². The predicted molar refractivity (Wildman–Crippen MR) is 102 cm³/mol. The number of nitrogens with zero attached hydrogens (tertiary/aromatic N) is 2. The molecule has 1 aromatic carbocycles. The molecule has 1 amide bonds. The summed E-state index contributed by atoms with van der Waals surface area (Å²) in [6.07, 6.45) is 4.24. The van der Waals surface area contributed by atoms with Crippen LogP contribution in [-0.4, -0.2) is 67.7 Å². The van der Waals surface area contributed by atoms with E-state index in [4.69, 9.17) is 9.47 Å². The summed E-state index contributed by atoms with van der Waals surface area (Å²) >= 11 is 0. The number of Topliss-reactive ketones (excluding diaryl/α,β-unsaturated/α-hetero) is 1. The first kappa shape index (κ1) is 19.6. The second-order valence-electron chi connectivity index (χ2n) is 7.28. The zero-order valence-corrected chi connectivity index (χ0v) is 16.2. The molecule has 0 aliphatic carbocycles. The summed E-state index contributed by atoms with van der Waals surface area (Å²) < 4.78 is 10.6. The Hall–Kier alpha value is -2.12. The maximum absolute atomic E-state index is 12.7. The number of hydrogen-bond donors (Lipinski definition) is 1. The van der Waals surface area contributed by atoms with Crippen molar-refractivity contribution in [3.63, 3.8) is 0 Å². The van der Waals surface area contributed by atoms with Crippen molar-refractivity contribution in [2.24, 2.45) is 0 Å². The van der Waals surface area contributed by atoms with Crippen molar-refractivity contribution < 1.29 is 19.1 Å². The van der Waals surface area contributed by atoms with Gasteiger partial charge in [-0.05, 0) is 58.1 Å².